The van der Waals surface area contributed by atoms with E-state index in [4.69, 9.17) is 0 Å². The van der Waals surface area contributed by atoms with Gasteiger partial charge in [-0.1, -0.05) is 42.0 Å². The predicted octanol–water partition coefficient (Wildman–Crippen LogP) is 3.95. The molecular formula is C16H15FO. The summed E-state index contributed by atoms with van der Waals surface area (Å²) < 4.78 is 12.7. The molecule has 2 aromatic carbocycles. The van der Waals surface area contributed by atoms with Crippen molar-refractivity contribution in [3.05, 3.63) is 71.0 Å². The molecular weight excluding hydrogens is 227 g/mol. The zero-order valence-corrected chi connectivity index (χ0v) is 10.3. The van der Waals surface area contributed by atoms with Crippen LogP contribution in [-0.4, -0.2) is 5.78 Å². The number of carbonyl (C=O) groups excluding carboxylic acids is 1. The van der Waals surface area contributed by atoms with Crippen molar-refractivity contribution >= 4 is 5.78 Å². The van der Waals surface area contributed by atoms with Crippen LogP contribution in [0.25, 0.3) is 0 Å². The maximum Gasteiger partial charge on any atom is 0.163 e. The number of rotatable bonds is 4. The minimum Gasteiger partial charge on any atom is -0.294 e. The zero-order valence-electron chi connectivity index (χ0n) is 10.3. The van der Waals surface area contributed by atoms with E-state index >= 15 is 0 Å². The summed E-state index contributed by atoms with van der Waals surface area (Å²) in [6.45, 7) is 1.99. The lowest BCUT2D eigenvalue weighted by molar-refractivity contribution is 0.0983. The largest absolute Gasteiger partial charge is 0.294 e. The smallest absolute Gasteiger partial charge is 0.163 e. The number of carbonyl (C=O) groups is 1. The molecule has 0 N–H and O–H groups in total. The van der Waals surface area contributed by atoms with Gasteiger partial charge in [-0.3, -0.25) is 4.79 Å². The average molecular weight is 242 g/mol. The fourth-order valence-electron chi connectivity index (χ4n) is 1.79. The summed E-state index contributed by atoms with van der Waals surface area (Å²) >= 11 is 0. The van der Waals surface area contributed by atoms with Crippen molar-refractivity contribution < 1.29 is 9.18 Å². The molecule has 2 aromatic rings. The molecule has 0 bridgehead atoms. The molecule has 0 heterocycles. The van der Waals surface area contributed by atoms with Crippen LogP contribution in [0.4, 0.5) is 4.39 Å². The molecule has 0 atom stereocenters. The SMILES string of the molecule is Cc1ccc(C(=O)CCc2ccc(F)cc2)cc1. The lowest BCUT2D eigenvalue weighted by Crippen LogP contribution is -2.01. The molecule has 1 nitrogen and oxygen atoms in total. The Balaban J connectivity index is 1.96. The first kappa shape index (κ1) is 12.5. The van der Waals surface area contributed by atoms with Crippen molar-refractivity contribution in [2.24, 2.45) is 0 Å². The number of Topliss-reactive ketones (excluding diaryl/α,β-unsaturated/α-hetero) is 1. The van der Waals surface area contributed by atoms with E-state index in [1.54, 1.807) is 12.1 Å². The standard InChI is InChI=1S/C16H15FO/c1-12-2-7-14(8-3-12)16(18)11-6-13-4-9-15(17)10-5-13/h2-5,7-10H,6,11H2,1H3. The highest BCUT2D eigenvalue weighted by Crippen LogP contribution is 2.10. The Morgan fingerprint density at radius 1 is 1.00 bits per heavy atom. The van der Waals surface area contributed by atoms with Crippen LogP contribution in [0, 0.1) is 12.7 Å². The minimum absolute atomic E-state index is 0.124. The van der Waals surface area contributed by atoms with Crippen LogP contribution < -0.4 is 0 Å². The Hall–Kier alpha value is -1.96. The molecule has 2 rings (SSSR count). The van der Waals surface area contributed by atoms with Crippen LogP contribution in [0.3, 0.4) is 0 Å². The number of benzene rings is 2. The molecule has 0 aromatic heterocycles. The fourth-order valence-corrected chi connectivity index (χ4v) is 1.79. The molecule has 0 aliphatic carbocycles. The molecule has 0 radical (unpaired) electrons. The number of hydrogen-bond acceptors (Lipinski definition) is 1. The van der Waals surface area contributed by atoms with E-state index in [0.717, 1.165) is 16.7 Å². The van der Waals surface area contributed by atoms with Gasteiger partial charge in [0.2, 0.25) is 0 Å². The molecule has 0 spiro atoms. The Kier molecular flexibility index (Phi) is 3.88. The van der Waals surface area contributed by atoms with Crippen molar-refractivity contribution in [3.63, 3.8) is 0 Å². The highest BCUT2D eigenvalue weighted by atomic mass is 19.1. The lowest BCUT2D eigenvalue weighted by Gasteiger charge is -2.02. The van der Waals surface area contributed by atoms with Crippen LogP contribution in [0.2, 0.25) is 0 Å². The van der Waals surface area contributed by atoms with Gasteiger partial charge in [-0.15, -0.1) is 0 Å². The first-order valence-corrected chi connectivity index (χ1v) is 5.99. The summed E-state index contributed by atoms with van der Waals surface area (Å²) in [6.07, 6.45) is 1.10. The highest BCUT2D eigenvalue weighted by Gasteiger charge is 2.05. The second kappa shape index (κ2) is 5.58. The van der Waals surface area contributed by atoms with E-state index < -0.39 is 0 Å². The van der Waals surface area contributed by atoms with Crippen molar-refractivity contribution in [1.29, 1.82) is 0 Å². The molecule has 0 unspecified atom stereocenters. The van der Waals surface area contributed by atoms with Crippen LogP contribution in [-0.2, 0) is 6.42 Å². The first-order chi connectivity index (χ1) is 8.65. The first-order valence-electron chi connectivity index (χ1n) is 5.99. The molecule has 0 amide bonds. The highest BCUT2D eigenvalue weighted by molar-refractivity contribution is 5.96. The maximum atomic E-state index is 12.7. The average Bonchev–Trinajstić information content (AvgIpc) is 2.38. The summed E-state index contributed by atoms with van der Waals surface area (Å²) in [7, 11) is 0. The third kappa shape index (κ3) is 3.27. The van der Waals surface area contributed by atoms with Crippen LogP contribution in [0.1, 0.15) is 27.9 Å². The maximum absolute atomic E-state index is 12.7. The van der Waals surface area contributed by atoms with Gasteiger partial charge >= 0.3 is 0 Å². The summed E-state index contributed by atoms with van der Waals surface area (Å²) in [5.74, 6) is -0.122. The van der Waals surface area contributed by atoms with Gasteiger partial charge in [0.15, 0.2) is 5.78 Å². The van der Waals surface area contributed by atoms with Gasteiger partial charge in [-0.05, 0) is 31.0 Å². The molecule has 0 fully saturated rings. The number of halogens is 1. The second-order valence-electron chi connectivity index (χ2n) is 4.42. The van der Waals surface area contributed by atoms with Gasteiger partial charge in [-0.25, -0.2) is 4.39 Å². The summed E-state index contributed by atoms with van der Waals surface area (Å²) in [6, 6.07) is 13.9. The van der Waals surface area contributed by atoms with Gasteiger partial charge in [0.25, 0.3) is 0 Å². The normalized spacial score (nSPS) is 10.3. The van der Waals surface area contributed by atoms with Gasteiger partial charge in [0.1, 0.15) is 5.82 Å². The number of ketones is 1. The summed E-state index contributed by atoms with van der Waals surface area (Å²) in [4.78, 5) is 11.9. The minimum atomic E-state index is -0.247. The zero-order chi connectivity index (χ0) is 13.0. The monoisotopic (exact) mass is 242 g/mol. The van der Waals surface area contributed by atoms with Crippen molar-refractivity contribution in [2.75, 3.05) is 0 Å². The topological polar surface area (TPSA) is 17.1 Å². The van der Waals surface area contributed by atoms with Gasteiger partial charge < -0.3 is 0 Å². The summed E-state index contributed by atoms with van der Waals surface area (Å²) in [5, 5.41) is 0. The number of aryl methyl sites for hydroxylation is 2. The Bertz CT molecular complexity index is 526. The van der Waals surface area contributed by atoms with Crippen molar-refractivity contribution in [2.45, 2.75) is 19.8 Å². The molecule has 0 saturated heterocycles. The third-order valence-electron chi connectivity index (χ3n) is 2.93. The lowest BCUT2D eigenvalue weighted by atomic mass is 10.0. The van der Waals surface area contributed by atoms with E-state index in [2.05, 4.69) is 0 Å². The van der Waals surface area contributed by atoms with E-state index in [0.29, 0.717) is 12.8 Å². The predicted molar refractivity (Wildman–Crippen MR) is 70.2 cm³/mol. The van der Waals surface area contributed by atoms with E-state index in [1.807, 2.05) is 31.2 Å². The van der Waals surface area contributed by atoms with Crippen LogP contribution >= 0.6 is 0 Å². The van der Waals surface area contributed by atoms with Gasteiger partial charge in [0, 0.05) is 12.0 Å². The third-order valence-corrected chi connectivity index (χ3v) is 2.93. The molecule has 0 aliphatic heterocycles. The Labute approximate surface area is 106 Å². The second-order valence-corrected chi connectivity index (χ2v) is 4.42. The molecule has 0 aliphatic rings. The fraction of sp³-hybridized carbons (Fsp3) is 0.188. The van der Waals surface area contributed by atoms with Gasteiger partial charge in [0.05, 0.1) is 0 Å². The molecule has 18 heavy (non-hydrogen) atoms. The summed E-state index contributed by atoms with van der Waals surface area (Å²) in [5.41, 5.74) is 2.87. The Morgan fingerprint density at radius 3 is 2.22 bits per heavy atom. The quantitative estimate of drug-likeness (QED) is 0.742. The van der Waals surface area contributed by atoms with Crippen molar-refractivity contribution in [3.8, 4) is 0 Å². The van der Waals surface area contributed by atoms with Crippen LogP contribution in [0.15, 0.2) is 48.5 Å². The Morgan fingerprint density at radius 2 is 1.61 bits per heavy atom. The molecule has 0 saturated carbocycles. The van der Waals surface area contributed by atoms with E-state index in [9.17, 15) is 9.18 Å². The van der Waals surface area contributed by atoms with Crippen molar-refractivity contribution in [1.82, 2.24) is 0 Å². The molecule has 2 heteroatoms. The van der Waals surface area contributed by atoms with E-state index in [-0.39, 0.29) is 11.6 Å². The van der Waals surface area contributed by atoms with Crippen LogP contribution in [0.5, 0.6) is 0 Å². The van der Waals surface area contributed by atoms with Gasteiger partial charge in [-0.2, -0.15) is 0 Å². The number of hydrogen-bond donors (Lipinski definition) is 0. The molecule has 92 valence electrons. The van der Waals surface area contributed by atoms with E-state index in [1.165, 1.54) is 12.1 Å².